The Bertz CT molecular complexity index is 469. The maximum atomic E-state index is 2.81. The van der Waals surface area contributed by atoms with E-state index in [1.54, 1.807) is 0 Å². The number of hydrogen-bond acceptors (Lipinski definition) is 2. The molecule has 4 rings (SSSR count). The van der Waals surface area contributed by atoms with Crippen LogP contribution in [0.15, 0.2) is 0 Å². The summed E-state index contributed by atoms with van der Waals surface area (Å²) in [5, 5.41) is 0. The van der Waals surface area contributed by atoms with Crippen molar-refractivity contribution in [3.8, 4) is 0 Å². The molecule has 3 heteroatoms. The van der Waals surface area contributed by atoms with Crippen LogP contribution in [0.1, 0.15) is 91.9 Å². The van der Waals surface area contributed by atoms with Gasteiger partial charge in [-0.05, 0) is 109 Å². The van der Waals surface area contributed by atoms with Gasteiger partial charge in [0.05, 0.1) is 0 Å². The van der Waals surface area contributed by atoms with Crippen LogP contribution in [-0.4, -0.2) is 48.6 Å². The number of hydrogen-bond donors (Lipinski definition) is 0. The van der Waals surface area contributed by atoms with Gasteiger partial charge in [-0.15, -0.1) is 6.54 Å². The maximum Gasteiger partial charge on any atom is 1.00 e. The van der Waals surface area contributed by atoms with Gasteiger partial charge in [-0.3, -0.25) is 5.92 Å². The first-order valence-corrected chi connectivity index (χ1v) is 12.2. The molecular weight excluding hydrogens is 414 g/mol. The quantitative estimate of drug-likeness (QED) is 0.598. The van der Waals surface area contributed by atoms with E-state index in [9.17, 15) is 0 Å². The molecule has 0 unspecified atom stereocenters. The van der Waals surface area contributed by atoms with Crippen LogP contribution in [-0.2, 0) is 0 Å². The molecule has 2 aliphatic heterocycles. The molecule has 2 saturated heterocycles. The van der Waals surface area contributed by atoms with E-state index in [1.165, 1.54) is 96.9 Å². The van der Waals surface area contributed by atoms with Crippen molar-refractivity contribution in [2.75, 3.05) is 32.7 Å². The molecule has 2 aliphatic carbocycles. The van der Waals surface area contributed by atoms with E-state index in [4.69, 9.17) is 0 Å². The van der Waals surface area contributed by atoms with Crippen molar-refractivity contribution < 1.29 is 58.2 Å². The third kappa shape index (κ3) is 5.55. The summed E-state index contributed by atoms with van der Waals surface area (Å²) in [6.45, 7) is 16.3. The van der Waals surface area contributed by atoms with Gasteiger partial charge < -0.3 is 9.80 Å². The number of likely N-dealkylation sites (tertiary alicyclic amines) is 2. The second-order valence-electron chi connectivity index (χ2n) is 11.6. The van der Waals surface area contributed by atoms with Gasteiger partial charge in [0.15, 0.2) is 0 Å². The predicted octanol–water partition coefficient (Wildman–Crippen LogP) is 2.78. The normalized spacial score (nSPS) is 29.4. The minimum atomic E-state index is 0. The summed E-state index contributed by atoms with van der Waals surface area (Å²) < 4.78 is 0. The molecule has 4 fully saturated rings. The van der Waals surface area contributed by atoms with Crippen LogP contribution in [0, 0.1) is 28.6 Å². The second-order valence-corrected chi connectivity index (χ2v) is 11.6. The maximum absolute atomic E-state index is 2.81. The first-order valence-electron chi connectivity index (χ1n) is 12.2. The molecular formula is C25H45N2Rb. The van der Waals surface area contributed by atoms with Crippen molar-refractivity contribution in [1.82, 2.24) is 9.80 Å². The smallest absolute Gasteiger partial charge is 0.332 e. The zero-order valence-electron chi connectivity index (χ0n) is 19.7. The van der Waals surface area contributed by atoms with E-state index in [-0.39, 0.29) is 58.2 Å². The van der Waals surface area contributed by atoms with Gasteiger partial charge in [-0.25, -0.2) is 0 Å². The van der Waals surface area contributed by atoms with Crippen molar-refractivity contribution in [2.24, 2.45) is 22.7 Å². The molecule has 156 valence electrons. The number of piperidine rings is 2. The molecule has 0 amide bonds. The molecule has 2 nitrogen and oxygen atoms in total. The van der Waals surface area contributed by atoms with Gasteiger partial charge in [0.25, 0.3) is 0 Å². The van der Waals surface area contributed by atoms with Crippen LogP contribution in [0.2, 0.25) is 0 Å². The van der Waals surface area contributed by atoms with Crippen molar-refractivity contribution in [3.63, 3.8) is 0 Å². The van der Waals surface area contributed by atoms with Crippen LogP contribution < -0.4 is 58.2 Å². The molecule has 2 heterocycles. The van der Waals surface area contributed by atoms with Crippen LogP contribution in [0.25, 0.3) is 0 Å². The SMILES string of the molecule is CC(C)C1CCC2(CC1)CCN(C[C-]1CC3(CCN(C(C)C)CC3)C1)CC2.[Rb+]. The molecule has 0 aromatic rings. The van der Waals surface area contributed by atoms with E-state index < -0.39 is 0 Å². The van der Waals surface area contributed by atoms with Crippen LogP contribution in [0.3, 0.4) is 0 Å². The molecule has 0 radical (unpaired) electrons. The zero-order valence-corrected chi connectivity index (χ0v) is 24.6. The summed E-state index contributed by atoms with van der Waals surface area (Å²) >= 11 is 0. The molecule has 2 spiro atoms. The second kappa shape index (κ2) is 10.1. The summed E-state index contributed by atoms with van der Waals surface area (Å²) in [5.41, 5.74) is 1.45. The van der Waals surface area contributed by atoms with E-state index in [0.29, 0.717) is 5.41 Å². The fourth-order valence-electron chi connectivity index (χ4n) is 6.91. The first-order chi connectivity index (χ1) is 12.9. The third-order valence-corrected chi connectivity index (χ3v) is 9.24. The van der Waals surface area contributed by atoms with Gasteiger partial charge in [0, 0.05) is 6.04 Å². The van der Waals surface area contributed by atoms with Gasteiger partial charge in [-0.1, -0.05) is 19.3 Å². The topological polar surface area (TPSA) is 6.48 Å². The first kappa shape index (κ1) is 24.4. The number of nitrogens with zero attached hydrogens (tertiary/aromatic N) is 2. The van der Waals surface area contributed by atoms with Crippen molar-refractivity contribution in [2.45, 2.75) is 97.9 Å². The third-order valence-electron chi connectivity index (χ3n) is 9.24. The minimum Gasteiger partial charge on any atom is -0.332 e. The number of rotatable bonds is 4. The molecule has 0 N–H and O–H groups in total. The summed E-state index contributed by atoms with van der Waals surface area (Å²) in [6, 6.07) is 0.738. The molecule has 4 aliphatic rings. The van der Waals surface area contributed by atoms with Crippen LogP contribution in [0.5, 0.6) is 0 Å². The van der Waals surface area contributed by atoms with Gasteiger partial charge in [0.2, 0.25) is 0 Å². The van der Waals surface area contributed by atoms with Gasteiger partial charge >= 0.3 is 58.2 Å². The molecule has 28 heavy (non-hydrogen) atoms. The standard InChI is InChI=1S/C25H45N2.Rb/c1-20(2)23-5-7-24(8-6-23)9-13-26(14-10-24)19-22-17-25(18-22)11-15-27(16-12-25)21(3)4;/h20-21,23H,5-19H2,1-4H3;/q-1;+1. The molecule has 0 atom stereocenters. The molecule has 0 bridgehead atoms. The van der Waals surface area contributed by atoms with E-state index in [2.05, 4.69) is 37.5 Å². The van der Waals surface area contributed by atoms with E-state index in [1.807, 2.05) is 5.92 Å². The average Bonchev–Trinajstić information content (AvgIpc) is 2.63. The Balaban J connectivity index is 0.00000225. The van der Waals surface area contributed by atoms with Crippen molar-refractivity contribution in [3.05, 3.63) is 5.92 Å². The Morgan fingerprint density at radius 2 is 1.32 bits per heavy atom. The Morgan fingerprint density at radius 3 is 1.82 bits per heavy atom. The summed E-state index contributed by atoms with van der Waals surface area (Å²) in [4.78, 5) is 5.49. The minimum absolute atomic E-state index is 0. The van der Waals surface area contributed by atoms with E-state index >= 15 is 0 Å². The predicted molar refractivity (Wildman–Crippen MR) is 116 cm³/mol. The monoisotopic (exact) mass is 458 g/mol. The van der Waals surface area contributed by atoms with Crippen molar-refractivity contribution >= 4 is 0 Å². The molecule has 0 aromatic heterocycles. The van der Waals surface area contributed by atoms with E-state index in [0.717, 1.165) is 23.3 Å². The van der Waals surface area contributed by atoms with Crippen molar-refractivity contribution in [1.29, 1.82) is 0 Å². The largest absolute Gasteiger partial charge is 1.00 e. The Labute approximate surface area is 224 Å². The van der Waals surface area contributed by atoms with Gasteiger partial charge in [0.1, 0.15) is 0 Å². The zero-order chi connectivity index (χ0) is 19.1. The fourth-order valence-corrected chi connectivity index (χ4v) is 6.91. The molecule has 2 saturated carbocycles. The fraction of sp³-hybridized carbons (Fsp3) is 0.960. The summed E-state index contributed by atoms with van der Waals surface area (Å²) in [6.07, 6.45) is 14.8. The van der Waals surface area contributed by atoms with Crippen LogP contribution in [0.4, 0.5) is 0 Å². The van der Waals surface area contributed by atoms with Gasteiger partial charge in [-0.2, -0.15) is 12.8 Å². The van der Waals surface area contributed by atoms with Crippen LogP contribution >= 0.6 is 0 Å². The average molecular weight is 459 g/mol. The summed E-state index contributed by atoms with van der Waals surface area (Å²) in [7, 11) is 0. The Kier molecular flexibility index (Phi) is 8.80. The Hall–Kier alpha value is 1.73. The summed E-state index contributed by atoms with van der Waals surface area (Å²) in [5.74, 6) is 3.79. The molecule has 0 aromatic carbocycles. The Morgan fingerprint density at radius 1 is 0.786 bits per heavy atom.